The average Bonchev–Trinajstić information content (AvgIpc) is 2.75. The van der Waals surface area contributed by atoms with Gasteiger partial charge in [-0.05, 0) is 48.5 Å². The lowest BCUT2D eigenvalue weighted by atomic mass is 10.1. The predicted octanol–water partition coefficient (Wildman–Crippen LogP) is 4.85. The number of hydrogen-bond acceptors (Lipinski definition) is 5. The fourth-order valence-electron chi connectivity index (χ4n) is 2.85. The van der Waals surface area contributed by atoms with Gasteiger partial charge in [-0.1, -0.05) is 30.3 Å². The van der Waals surface area contributed by atoms with Crippen molar-refractivity contribution >= 4 is 22.6 Å². The second-order valence-corrected chi connectivity index (χ2v) is 6.22. The van der Waals surface area contributed by atoms with Crippen LogP contribution >= 0.6 is 0 Å². The van der Waals surface area contributed by atoms with E-state index in [2.05, 4.69) is 5.32 Å². The maximum Gasteiger partial charge on any atom is 0.349 e. The second kappa shape index (κ2) is 7.90. The third kappa shape index (κ3) is 3.96. The van der Waals surface area contributed by atoms with Gasteiger partial charge in [-0.3, -0.25) is 4.79 Å². The highest BCUT2D eigenvalue weighted by Crippen LogP contribution is 2.29. The van der Waals surface area contributed by atoms with Crippen molar-refractivity contribution in [1.29, 1.82) is 0 Å². The minimum absolute atomic E-state index is 0.111. The van der Waals surface area contributed by atoms with Crippen molar-refractivity contribution in [3.63, 3.8) is 0 Å². The lowest BCUT2D eigenvalue weighted by Crippen LogP contribution is -2.20. The summed E-state index contributed by atoms with van der Waals surface area (Å²) in [5.74, 6) is 1.09. The van der Waals surface area contributed by atoms with Gasteiger partial charge in [0.2, 0.25) is 0 Å². The number of para-hydroxylation sites is 3. The average molecular weight is 387 g/mol. The predicted molar refractivity (Wildman–Crippen MR) is 110 cm³/mol. The molecule has 0 saturated carbocycles. The molecule has 0 bridgehead atoms. The Morgan fingerprint density at radius 2 is 1.66 bits per heavy atom. The number of methoxy groups -OCH3 is 1. The SMILES string of the molecule is COc1ccc2oc(=O)c(C(=O)Nc3ccccc3Oc3ccccc3)cc2c1. The van der Waals surface area contributed by atoms with Crippen LogP contribution < -0.4 is 20.4 Å². The van der Waals surface area contributed by atoms with Gasteiger partial charge in [0.1, 0.15) is 22.6 Å². The quantitative estimate of drug-likeness (QED) is 0.496. The largest absolute Gasteiger partial charge is 0.497 e. The Morgan fingerprint density at radius 3 is 2.45 bits per heavy atom. The second-order valence-electron chi connectivity index (χ2n) is 6.22. The summed E-state index contributed by atoms with van der Waals surface area (Å²) in [4.78, 5) is 25.1. The lowest BCUT2D eigenvalue weighted by Gasteiger charge is -2.12. The number of amides is 1. The Morgan fingerprint density at radius 1 is 0.897 bits per heavy atom. The van der Waals surface area contributed by atoms with Gasteiger partial charge >= 0.3 is 5.63 Å². The third-order valence-electron chi connectivity index (χ3n) is 4.29. The molecule has 6 heteroatoms. The zero-order chi connectivity index (χ0) is 20.2. The number of benzene rings is 3. The molecule has 0 saturated heterocycles. The van der Waals surface area contributed by atoms with E-state index in [-0.39, 0.29) is 5.56 Å². The molecule has 1 heterocycles. The number of nitrogens with one attached hydrogen (secondary N) is 1. The van der Waals surface area contributed by atoms with Crippen molar-refractivity contribution in [3.8, 4) is 17.2 Å². The first kappa shape index (κ1) is 18.3. The number of rotatable bonds is 5. The first-order valence-corrected chi connectivity index (χ1v) is 8.89. The molecule has 1 N–H and O–H groups in total. The molecule has 1 amide bonds. The molecule has 0 aliphatic carbocycles. The van der Waals surface area contributed by atoms with Crippen molar-refractivity contribution in [2.45, 2.75) is 0 Å². The lowest BCUT2D eigenvalue weighted by molar-refractivity contribution is 0.102. The summed E-state index contributed by atoms with van der Waals surface area (Å²) >= 11 is 0. The van der Waals surface area contributed by atoms with Gasteiger partial charge in [-0.25, -0.2) is 4.79 Å². The van der Waals surface area contributed by atoms with Gasteiger partial charge in [-0.15, -0.1) is 0 Å². The van der Waals surface area contributed by atoms with E-state index in [0.29, 0.717) is 33.9 Å². The van der Waals surface area contributed by atoms with Gasteiger partial charge in [0.05, 0.1) is 12.8 Å². The number of carbonyl (C=O) groups excluding carboxylic acids is 1. The zero-order valence-corrected chi connectivity index (χ0v) is 15.5. The summed E-state index contributed by atoms with van der Waals surface area (Å²) in [6.45, 7) is 0. The van der Waals surface area contributed by atoms with Gasteiger partial charge < -0.3 is 19.2 Å². The third-order valence-corrected chi connectivity index (χ3v) is 4.29. The zero-order valence-electron chi connectivity index (χ0n) is 15.5. The fraction of sp³-hybridized carbons (Fsp3) is 0.0435. The van der Waals surface area contributed by atoms with E-state index >= 15 is 0 Å². The monoisotopic (exact) mass is 387 g/mol. The van der Waals surface area contributed by atoms with Crippen molar-refractivity contribution < 1.29 is 18.7 Å². The van der Waals surface area contributed by atoms with Crippen molar-refractivity contribution in [3.05, 3.63) is 94.8 Å². The molecule has 3 aromatic carbocycles. The molecule has 0 unspecified atom stereocenters. The Labute approximate surface area is 166 Å². The van der Waals surface area contributed by atoms with E-state index in [1.165, 1.54) is 13.2 Å². The molecule has 4 aromatic rings. The molecule has 1 aromatic heterocycles. The molecular formula is C23H17NO5. The van der Waals surface area contributed by atoms with Crippen LogP contribution in [0.5, 0.6) is 17.2 Å². The van der Waals surface area contributed by atoms with Crippen molar-refractivity contribution in [1.82, 2.24) is 0 Å². The topological polar surface area (TPSA) is 77.8 Å². The number of hydrogen-bond donors (Lipinski definition) is 1. The molecule has 0 radical (unpaired) electrons. The summed E-state index contributed by atoms with van der Waals surface area (Å²) in [6.07, 6.45) is 0. The molecular weight excluding hydrogens is 370 g/mol. The Kier molecular flexibility index (Phi) is 4.99. The van der Waals surface area contributed by atoms with E-state index in [1.54, 1.807) is 42.5 Å². The fourth-order valence-corrected chi connectivity index (χ4v) is 2.85. The summed E-state index contributed by atoms with van der Waals surface area (Å²) in [5, 5.41) is 3.31. The number of ether oxygens (including phenoxy) is 2. The molecule has 144 valence electrons. The molecule has 6 nitrogen and oxygen atoms in total. The van der Waals surface area contributed by atoms with Crippen LogP contribution in [0.15, 0.2) is 88.1 Å². The Balaban J connectivity index is 1.65. The van der Waals surface area contributed by atoms with E-state index in [9.17, 15) is 9.59 Å². The summed E-state index contributed by atoms with van der Waals surface area (Å²) < 4.78 is 16.3. The van der Waals surface area contributed by atoms with Crippen LogP contribution in [0.3, 0.4) is 0 Å². The molecule has 4 rings (SSSR count). The Bertz CT molecular complexity index is 1230. The van der Waals surface area contributed by atoms with Crippen LogP contribution in [0, 0.1) is 0 Å². The standard InChI is InChI=1S/C23H17NO5/c1-27-17-11-12-20-15(13-17)14-18(23(26)29-20)22(25)24-19-9-5-6-10-21(19)28-16-7-3-2-4-8-16/h2-14H,1H3,(H,24,25). The number of fused-ring (bicyclic) bond motifs is 1. The van der Waals surface area contributed by atoms with Crippen LogP contribution in [0.25, 0.3) is 11.0 Å². The van der Waals surface area contributed by atoms with E-state index in [4.69, 9.17) is 13.9 Å². The molecule has 0 aliphatic heterocycles. The van der Waals surface area contributed by atoms with Crippen LogP contribution in [-0.2, 0) is 0 Å². The van der Waals surface area contributed by atoms with E-state index in [1.807, 2.05) is 30.3 Å². The maximum absolute atomic E-state index is 12.8. The normalized spacial score (nSPS) is 10.5. The van der Waals surface area contributed by atoms with Gasteiger partial charge in [0.25, 0.3) is 5.91 Å². The molecule has 0 atom stereocenters. The molecule has 0 spiro atoms. The highest BCUT2D eigenvalue weighted by atomic mass is 16.5. The molecule has 0 fully saturated rings. The van der Waals surface area contributed by atoms with Crippen LogP contribution in [0.2, 0.25) is 0 Å². The highest BCUT2D eigenvalue weighted by Gasteiger charge is 2.16. The van der Waals surface area contributed by atoms with E-state index < -0.39 is 11.5 Å². The summed E-state index contributed by atoms with van der Waals surface area (Å²) in [6, 6.07) is 22.7. The maximum atomic E-state index is 12.8. The first-order valence-electron chi connectivity index (χ1n) is 8.89. The van der Waals surface area contributed by atoms with Gasteiger partial charge in [-0.2, -0.15) is 0 Å². The minimum atomic E-state index is -0.721. The van der Waals surface area contributed by atoms with Gasteiger partial charge in [0, 0.05) is 5.39 Å². The Hall–Kier alpha value is -4.06. The van der Waals surface area contributed by atoms with Crippen LogP contribution in [-0.4, -0.2) is 13.0 Å². The van der Waals surface area contributed by atoms with Crippen molar-refractivity contribution in [2.75, 3.05) is 12.4 Å². The smallest absolute Gasteiger partial charge is 0.349 e. The van der Waals surface area contributed by atoms with Crippen LogP contribution in [0.1, 0.15) is 10.4 Å². The first-order chi connectivity index (χ1) is 14.1. The number of carbonyl (C=O) groups is 1. The molecule has 0 aliphatic rings. The summed E-state index contributed by atoms with van der Waals surface area (Å²) in [7, 11) is 1.54. The minimum Gasteiger partial charge on any atom is -0.497 e. The van der Waals surface area contributed by atoms with Gasteiger partial charge in [0.15, 0.2) is 5.75 Å². The van der Waals surface area contributed by atoms with Crippen LogP contribution in [0.4, 0.5) is 5.69 Å². The summed E-state index contributed by atoms with van der Waals surface area (Å²) in [5.41, 5.74) is -0.0199. The number of anilines is 1. The van der Waals surface area contributed by atoms with E-state index in [0.717, 1.165) is 0 Å². The molecule has 29 heavy (non-hydrogen) atoms. The van der Waals surface area contributed by atoms with Crippen molar-refractivity contribution in [2.24, 2.45) is 0 Å². The highest BCUT2D eigenvalue weighted by molar-refractivity contribution is 6.06.